The minimum absolute atomic E-state index is 0.0149. The van der Waals surface area contributed by atoms with Crippen LogP contribution in [-0.2, 0) is 15.6 Å². The van der Waals surface area contributed by atoms with Crippen LogP contribution in [0.4, 0.5) is 0 Å². The number of hydrogen-bond donors (Lipinski definition) is 2. The Morgan fingerprint density at radius 3 is 2.44 bits per heavy atom. The number of benzene rings is 1. The van der Waals surface area contributed by atoms with Crippen LogP contribution in [0, 0.1) is 0 Å². The Labute approximate surface area is 108 Å². The number of likely N-dealkylation sites (N-methyl/N-ethyl adjacent to an activating group) is 1. The quantitative estimate of drug-likeness (QED) is 0.583. The van der Waals surface area contributed by atoms with Crippen LogP contribution in [0.5, 0.6) is 0 Å². The van der Waals surface area contributed by atoms with Crippen LogP contribution >= 0.6 is 7.60 Å². The number of aliphatic hydroxyl groups excluding tert-OH is 1. The highest BCUT2D eigenvalue weighted by molar-refractivity contribution is 7.52. The number of nitrogens with zero attached hydrogens (tertiary/aromatic N) is 1. The van der Waals surface area contributed by atoms with E-state index in [4.69, 9.17) is 5.11 Å². The second kappa shape index (κ2) is 6.45. The zero-order valence-electron chi connectivity index (χ0n) is 10.8. The third-order valence-corrected chi connectivity index (χ3v) is 4.46. The highest BCUT2D eigenvalue weighted by Gasteiger charge is 2.33. The first-order chi connectivity index (χ1) is 8.41. The van der Waals surface area contributed by atoms with Gasteiger partial charge in [0, 0.05) is 12.7 Å². The van der Waals surface area contributed by atoms with E-state index in [1.807, 2.05) is 37.4 Å². The van der Waals surface area contributed by atoms with Gasteiger partial charge in [0.05, 0.1) is 13.7 Å². The van der Waals surface area contributed by atoms with E-state index in [1.54, 1.807) is 0 Å². The monoisotopic (exact) mass is 274 g/mol. The predicted octanol–water partition coefficient (Wildman–Crippen LogP) is 1.41. The molecule has 0 saturated carbocycles. The molecule has 0 radical (unpaired) electrons. The molecule has 18 heavy (non-hydrogen) atoms. The van der Waals surface area contributed by atoms with Crippen LogP contribution < -0.4 is 0 Å². The Bertz CT molecular complexity index is 412. The average Bonchev–Trinajstić information content (AvgIpc) is 2.29. The van der Waals surface area contributed by atoms with Gasteiger partial charge in [-0.25, -0.2) is 0 Å². The first-order valence-corrected chi connectivity index (χ1v) is 7.53. The zero-order valence-corrected chi connectivity index (χ0v) is 11.7. The van der Waals surface area contributed by atoms with Gasteiger partial charge < -0.3 is 19.0 Å². The fourth-order valence-electron chi connectivity index (χ4n) is 1.95. The summed E-state index contributed by atoms with van der Waals surface area (Å²) in [5, 5.41) is 9.12. The van der Waals surface area contributed by atoms with Gasteiger partial charge in [0.25, 0.3) is 0 Å². The van der Waals surface area contributed by atoms with Crippen LogP contribution in [0.25, 0.3) is 0 Å². The second-order valence-corrected chi connectivity index (χ2v) is 6.59. The number of hydrogen-bond acceptors (Lipinski definition) is 3. The largest absolute Gasteiger partial charge is 0.391 e. The average molecular weight is 274 g/mol. The molecule has 1 aromatic carbocycles. The van der Waals surface area contributed by atoms with E-state index >= 15 is 0 Å². The molecule has 5 nitrogen and oxygen atoms in total. The minimum atomic E-state index is -3.60. The summed E-state index contributed by atoms with van der Waals surface area (Å²) in [7, 11) is -0.533. The third-order valence-electron chi connectivity index (χ3n) is 2.85. The molecular formula is C12H21NO4P+. The SMILES string of the molecule is COP(=O)(O)C[N+](C)(CCO)Cc1ccccc1. The Kier molecular flexibility index (Phi) is 5.50. The van der Waals surface area contributed by atoms with Crippen LogP contribution in [0.15, 0.2) is 30.3 Å². The molecule has 0 aliphatic rings. The van der Waals surface area contributed by atoms with Gasteiger partial charge in [-0.2, -0.15) is 0 Å². The van der Waals surface area contributed by atoms with Gasteiger partial charge in [-0.3, -0.25) is 4.57 Å². The van der Waals surface area contributed by atoms with E-state index in [9.17, 15) is 9.46 Å². The normalized spacial score (nSPS) is 18.0. The van der Waals surface area contributed by atoms with Gasteiger partial charge in [0.1, 0.15) is 13.1 Å². The van der Waals surface area contributed by atoms with Crippen molar-refractivity contribution in [1.29, 1.82) is 0 Å². The summed E-state index contributed by atoms with van der Waals surface area (Å²) in [4.78, 5) is 9.60. The van der Waals surface area contributed by atoms with Crippen molar-refractivity contribution in [2.75, 3.05) is 33.6 Å². The maximum atomic E-state index is 11.7. The second-order valence-electron chi connectivity index (χ2n) is 4.67. The molecule has 0 heterocycles. The van der Waals surface area contributed by atoms with Crippen LogP contribution in [0.2, 0.25) is 0 Å². The summed E-state index contributed by atoms with van der Waals surface area (Å²) in [6.45, 7) is 0.950. The summed E-state index contributed by atoms with van der Waals surface area (Å²) in [5.41, 5.74) is 1.06. The lowest BCUT2D eigenvalue weighted by atomic mass is 10.2. The molecule has 1 aromatic rings. The van der Waals surface area contributed by atoms with E-state index in [0.29, 0.717) is 13.1 Å². The van der Waals surface area contributed by atoms with Crippen molar-refractivity contribution in [1.82, 2.24) is 0 Å². The first-order valence-electron chi connectivity index (χ1n) is 5.77. The van der Waals surface area contributed by atoms with E-state index in [-0.39, 0.29) is 17.4 Å². The molecule has 0 amide bonds. The summed E-state index contributed by atoms with van der Waals surface area (Å²) in [6.07, 6.45) is -0.0149. The molecule has 0 spiro atoms. The third kappa shape index (κ3) is 4.88. The molecule has 0 aliphatic carbocycles. The van der Waals surface area contributed by atoms with Crippen molar-refractivity contribution < 1.29 is 23.6 Å². The Morgan fingerprint density at radius 1 is 1.33 bits per heavy atom. The summed E-state index contributed by atoms with van der Waals surface area (Å²) < 4.78 is 16.6. The van der Waals surface area contributed by atoms with E-state index in [2.05, 4.69) is 4.52 Å². The van der Waals surface area contributed by atoms with E-state index in [1.165, 1.54) is 7.11 Å². The fourth-order valence-corrected chi connectivity index (χ4v) is 3.17. The molecule has 0 bridgehead atoms. The van der Waals surface area contributed by atoms with Gasteiger partial charge in [-0.15, -0.1) is 0 Å². The topological polar surface area (TPSA) is 66.8 Å². The molecule has 6 heteroatoms. The lowest BCUT2D eigenvalue weighted by Crippen LogP contribution is -2.46. The Hall–Kier alpha value is -0.710. The number of quaternary nitrogens is 1. The molecule has 2 unspecified atom stereocenters. The van der Waals surface area contributed by atoms with Gasteiger partial charge in [0.2, 0.25) is 0 Å². The Morgan fingerprint density at radius 2 is 1.94 bits per heavy atom. The fraction of sp³-hybridized carbons (Fsp3) is 0.500. The molecule has 102 valence electrons. The zero-order chi connectivity index (χ0) is 13.6. The first kappa shape index (κ1) is 15.3. The molecule has 0 saturated heterocycles. The highest BCUT2D eigenvalue weighted by Crippen LogP contribution is 2.43. The van der Waals surface area contributed by atoms with Gasteiger partial charge in [-0.05, 0) is 0 Å². The van der Waals surface area contributed by atoms with Gasteiger partial charge >= 0.3 is 7.60 Å². The standard InChI is InChI=1S/C12H20NO4P/c1-13(8-9-14,11-18(15,16)17-2)10-12-6-4-3-5-7-12/h3-7,14H,8-11H2,1-2H3/p+1. The molecule has 0 aromatic heterocycles. The summed E-state index contributed by atoms with van der Waals surface area (Å²) >= 11 is 0. The van der Waals surface area contributed by atoms with E-state index in [0.717, 1.165) is 5.56 Å². The van der Waals surface area contributed by atoms with Crippen molar-refractivity contribution in [2.45, 2.75) is 6.54 Å². The minimum Gasteiger partial charge on any atom is -0.391 e. The van der Waals surface area contributed by atoms with Gasteiger partial charge in [-0.1, -0.05) is 30.3 Å². The smallest absolute Gasteiger partial charge is 0.381 e. The predicted molar refractivity (Wildman–Crippen MR) is 70.0 cm³/mol. The molecule has 1 rings (SSSR count). The van der Waals surface area contributed by atoms with Crippen LogP contribution in [0.3, 0.4) is 0 Å². The molecule has 2 N–H and O–H groups in total. The van der Waals surface area contributed by atoms with Crippen molar-refractivity contribution in [3.63, 3.8) is 0 Å². The number of aliphatic hydroxyl groups is 1. The lowest BCUT2D eigenvalue weighted by Gasteiger charge is -2.34. The number of rotatable bonds is 7. The maximum absolute atomic E-state index is 11.7. The van der Waals surface area contributed by atoms with E-state index < -0.39 is 7.60 Å². The summed E-state index contributed by atoms with van der Waals surface area (Å²) in [5.74, 6) is 0. The molecular weight excluding hydrogens is 253 g/mol. The van der Waals surface area contributed by atoms with Gasteiger partial charge in [0.15, 0.2) is 6.29 Å². The van der Waals surface area contributed by atoms with Crippen molar-refractivity contribution in [3.8, 4) is 0 Å². The Balaban J connectivity index is 2.83. The summed E-state index contributed by atoms with van der Waals surface area (Å²) in [6, 6.07) is 9.69. The van der Waals surface area contributed by atoms with Crippen molar-refractivity contribution in [3.05, 3.63) is 35.9 Å². The maximum Gasteiger partial charge on any atom is 0.381 e. The van der Waals surface area contributed by atoms with Crippen LogP contribution in [0.1, 0.15) is 5.56 Å². The van der Waals surface area contributed by atoms with Crippen molar-refractivity contribution >= 4 is 7.60 Å². The highest BCUT2D eigenvalue weighted by atomic mass is 31.2. The van der Waals surface area contributed by atoms with Crippen molar-refractivity contribution in [2.24, 2.45) is 0 Å². The molecule has 0 aliphatic heterocycles. The molecule has 2 atom stereocenters. The molecule has 0 fully saturated rings. The lowest BCUT2D eigenvalue weighted by molar-refractivity contribution is -0.912. The van der Waals surface area contributed by atoms with Crippen LogP contribution in [-0.4, -0.2) is 48.1 Å².